The van der Waals surface area contributed by atoms with E-state index < -0.39 is 0 Å². The third kappa shape index (κ3) is 2.77. The Hall–Kier alpha value is -0.830. The molecule has 2 rings (SSSR count). The Kier molecular flexibility index (Phi) is 4.44. The summed E-state index contributed by atoms with van der Waals surface area (Å²) in [7, 11) is 0. The van der Waals surface area contributed by atoms with E-state index in [1.807, 2.05) is 23.1 Å². The van der Waals surface area contributed by atoms with E-state index in [1.54, 1.807) is 0 Å². The van der Waals surface area contributed by atoms with Gasteiger partial charge >= 0.3 is 0 Å². The number of hydrogen-bond acceptors (Lipinski definition) is 1. The van der Waals surface area contributed by atoms with Crippen molar-refractivity contribution in [2.75, 3.05) is 11.9 Å². The van der Waals surface area contributed by atoms with E-state index in [-0.39, 0.29) is 5.91 Å². The summed E-state index contributed by atoms with van der Waals surface area (Å²) in [6.45, 7) is 4.94. The standard InChI is InChI=1S/C15H20BrNO/c1-11-6-7-13(10-12(11)2)15(18)17(9-8-16)14-4-3-5-14/h6-7,10,14H,3-5,8-9H2,1-2H3. The number of alkyl halides is 1. The number of rotatable bonds is 4. The first-order valence-electron chi connectivity index (χ1n) is 6.57. The fourth-order valence-electron chi connectivity index (χ4n) is 2.28. The highest BCUT2D eigenvalue weighted by atomic mass is 79.9. The summed E-state index contributed by atoms with van der Waals surface area (Å²) < 4.78 is 0. The maximum Gasteiger partial charge on any atom is 0.254 e. The molecule has 0 N–H and O–H groups in total. The highest BCUT2D eigenvalue weighted by Crippen LogP contribution is 2.26. The molecule has 2 nitrogen and oxygen atoms in total. The molecule has 1 aromatic carbocycles. The second-order valence-electron chi connectivity index (χ2n) is 5.07. The lowest BCUT2D eigenvalue weighted by atomic mass is 9.91. The van der Waals surface area contributed by atoms with Gasteiger partial charge in [0.25, 0.3) is 5.91 Å². The highest BCUT2D eigenvalue weighted by Gasteiger charge is 2.28. The van der Waals surface area contributed by atoms with Crippen LogP contribution in [0.5, 0.6) is 0 Å². The number of amides is 1. The second kappa shape index (κ2) is 5.87. The van der Waals surface area contributed by atoms with Crippen molar-refractivity contribution in [3.63, 3.8) is 0 Å². The van der Waals surface area contributed by atoms with Crippen LogP contribution in [0.4, 0.5) is 0 Å². The Morgan fingerprint density at radius 3 is 2.56 bits per heavy atom. The lowest BCUT2D eigenvalue weighted by Crippen LogP contribution is -2.45. The van der Waals surface area contributed by atoms with Crippen molar-refractivity contribution in [3.8, 4) is 0 Å². The maximum atomic E-state index is 12.5. The Morgan fingerprint density at radius 1 is 1.33 bits per heavy atom. The summed E-state index contributed by atoms with van der Waals surface area (Å²) in [4.78, 5) is 14.6. The first-order chi connectivity index (χ1) is 8.63. The van der Waals surface area contributed by atoms with Gasteiger partial charge in [0.15, 0.2) is 0 Å². The van der Waals surface area contributed by atoms with Gasteiger partial charge < -0.3 is 4.90 Å². The van der Waals surface area contributed by atoms with Gasteiger partial charge in [-0.2, -0.15) is 0 Å². The monoisotopic (exact) mass is 309 g/mol. The van der Waals surface area contributed by atoms with E-state index in [9.17, 15) is 4.79 Å². The zero-order chi connectivity index (χ0) is 13.1. The molecule has 0 spiro atoms. The van der Waals surface area contributed by atoms with Crippen molar-refractivity contribution in [1.29, 1.82) is 0 Å². The maximum absolute atomic E-state index is 12.5. The minimum Gasteiger partial charge on any atom is -0.335 e. The number of carbonyl (C=O) groups is 1. The molecule has 18 heavy (non-hydrogen) atoms. The summed E-state index contributed by atoms with van der Waals surface area (Å²) in [5, 5.41) is 0.847. The summed E-state index contributed by atoms with van der Waals surface area (Å²) in [5.41, 5.74) is 3.25. The number of hydrogen-bond donors (Lipinski definition) is 0. The van der Waals surface area contributed by atoms with E-state index in [0.29, 0.717) is 6.04 Å². The molecule has 1 aliphatic carbocycles. The molecule has 3 heteroatoms. The number of halogens is 1. The molecular formula is C15H20BrNO. The molecule has 0 atom stereocenters. The Morgan fingerprint density at radius 2 is 2.06 bits per heavy atom. The van der Waals surface area contributed by atoms with Crippen LogP contribution >= 0.6 is 15.9 Å². The first kappa shape index (κ1) is 13.6. The lowest BCUT2D eigenvalue weighted by Gasteiger charge is -2.37. The van der Waals surface area contributed by atoms with Gasteiger partial charge in [-0.3, -0.25) is 4.79 Å². The number of aryl methyl sites for hydroxylation is 2. The van der Waals surface area contributed by atoms with E-state index in [0.717, 1.165) is 30.3 Å². The van der Waals surface area contributed by atoms with Crippen LogP contribution in [0.15, 0.2) is 18.2 Å². The largest absolute Gasteiger partial charge is 0.335 e. The molecule has 1 aliphatic rings. The minimum absolute atomic E-state index is 0.183. The molecule has 1 saturated carbocycles. The van der Waals surface area contributed by atoms with Crippen LogP contribution in [0.2, 0.25) is 0 Å². The van der Waals surface area contributed by atoms with Gasteiger partial charge in [-0.1, -0.05) is 22.0 Å². The predicted octanol–water partition coefficient (Wildman–Crippen LogP) is 3.69. The van der Waals surface area contributed by atoms with Crippen molar-refractivity contribution >= 4 is 21.8 Å². The van der Waals surface area contributed by atoms with Crippen LogP contribution in [0.3, 0.4) is 0 Å². The lowest BCUT2D eigenvalue weighted by molar-refractivity contribution is 0.0599. The van der Waals surface area contributed by atoms with Crippen molar-refractivity contribution in [2.24, 2.45) is 0 Å². The van der Waals surface area contributed by atoms with Crippen molar-refractivity contribution in [1.82, 2.24) is 4.90 Å². The fourth-order valence-corrected chi connectivity index (χ4v) is 2.66. The van der Waals surface area contributed by atoms with Crippen LogP contribution in [-0.4, -0.2) is 28.7 Å². The topological polar surface area (TPSA) is 20.3 Å². The Bertz CT molecular complexity index is 440. The van der Waals surface area contributed by atoms with Crippen LogP contribution in [0.25, 0.3) is 0 Å². The molecule has 0 aromatic heterocycles. The van der Waals surface area contributed by atoms with Crippen LogP contribution in [0.1, 0.15) is 40.7 Å². The van der Waals surface area contributed by atoms with Gasteiger partial charge in [-0.15, -0.1) is 0 Å². The highest BCUT2D eigenvalue weighted by molar-refractivity contribution is 9.09. The molecule has 1 aromatic rings. The number of carbonyl (C=O) groups excluding carboxylic acids is 1. The van der Waals surface area contributed by atoms with Crippen molar-refractivity contribution < 1.29 is 4.79 Å². The average molecular weight is 310 g/mol. The van der Waals surface area contributed by atoms with Crippen LogP contribution in [0, 0.1) is 13.8 Å². The number of nitrogens with zero attached hydrogens (tertiary/aromatic N) is 1. The third-order valence-electron chi connectivity index (χ3n) is 3.86. The van der Waals surface area contributed by atoms with E-state index in [1.165, 1.54) is 17.5 Å². The smallest absolute Gasteiger partial charge is 0.254 e. The zero-order valence-corrected chi connectivity index (χ0v) is 12.7. The molecule has 0 radical (unpaired) electrons. The Labute approximate surface area is 117 Å². The van der Waals surface area contributed by atoms with Crippen LogP contribution in [-0.2, 0) is 0 Å². The molecule has 0 unspecified atom stereocenters. The molecular weight excluding hydrogens is 290 g/mol. The molecule has 1 fully saturated rings. The molecule has 1 amide bonds. The summed E-state index contributed by atoms with van der Waals surface area (Å²) in [6.07, 6.45) is 3.57. The molecule has 0 aliphatic heterocycles. The molecule has 0 bridgehead atoms. The number of benzene rings is 1. The van der Waals surface area contributed by atoms with E-state index in [4.69, 9.17) is 0 Å². The average Bonchev–Trinajstić information content (AvgIpc) is 2.29. The molecule has 98 valence electrons. The fraction of sp³-hybridized carbons (Fsp3) is 0.533. The second-order valence-corrected chi connectivity index (χ2v) is 5.86. The van der Waals surface area contributed by atoms with Gasteiger partial charge in [0.1, 0.15) is 0 Å². The zero-order valence-electron chi connectivity index (χ0n) is 11.1. The van der Waals surface area contributed by atoms with E-state index >= 15 is 0 Å². The van der Waals surface area contributed by atoms with Gasteiger partial charge in [-0.05, 0) is 56.4 Å². The van der Waals surface area contributed by atoms with Gasteiger partial charge in [0, 0.05) is 23.5 Å². The summed E-state index contributed by atoms with van der Waals surface area (Å²) in [6, 6.07) is 6.45. The van der Waals surface area contributed by atoms with E-state index in [2.05, 4.69) is 29.8 Å². The summed E-state index contributed by atoms with van der Waals surface area (Å²) in [5.74, 6) is 0.183. The van der Waals surface area contributed by atoms with Gasteiger partial charge in [0.2, 0.25) is 0 Å². The molecule has 0 heterocycles. The Balaban J connectivity index is 2.18. The summed E-state index contributed by atoms with van der Waals surface area (Å²) >= 11 is 3.44. The third-order valence-corrected chi connectivity index (χ3v) is 4.21. The SMILES string of the molecule is Cc1ccc(C(=O)N(CCBr)C2CCC2)cc1C. The quantitative estimate of drug-likeness (QED) is 0.777. The van der Waals surface area contributed by atoms with Crippen molar-refractivity contribution in [2.45, 2.75) is 39.2 Å². The van der Waals surface area contributed by atoms with Gasteiger partial charge in [0.05, 0.1) is 0 Å². The molecule has 0 saturated heterocycles. The minimum atomic E-state index is 0.183. The normalized spacial score (nSPS) is 15.3. The van der Waals surface area contributed by atoms with Crippen molar-refractivity contribution in [3.05, 3.63) is 34.9 Å². The van der Waals surface area contributed by atoms with Crippen LogP contribution < -0.4 is 0 Å². The van der Waals surface area contributed by atoms with Gasteiger partial charge in [-0.25, -0.2) is 0 Å². The first-order valence-corrected chi connectivity index (χ1v) is 7.70. The predicted molar refractivity (Wildman–Crippen MR) is 78.4 cm³/mol.